The van der Waals surface area contributed by atoms with E-state index in [9.17, 15) is 0 Å². The molecule has 7 heavy (non-hydrogen) atoms. The first-order valence-electron chi connectivity index (χ1n) is 3.05. The van der Waals surface area contributed by atoms with E-state index in [1.54, 1.807) is 0 Å². The van der Waals surface area contributed by atoms with Crippen LogP contribution in [0.5, 0.6) is 0 Å². The zero-order valence-electron chi connectivity index (χ0n) is 5.57. The third-order valence-electron chi connectivity index (χ3n) is 1.03. The number of hydrogen-bond donors (Lipinski definition) is 1. The summed E-state index contributed by atoms with van der Waals surface area (Å²) in [7, 11) is 2.11. The molecule has 0 atom stereocenters. The molecule has 2 N–H and O–H groups in total. The molecular weight excluding hydrogens is 86.1 g/mol. The van der Waals surface area contributed by atoms with Crippen LogP contribution in [0.4, 0.5) is 0 Å². The molecule has 0 aromatic heterocycles. The maximum absolute atomic E-state index is 2.25. The van der Waals surface area contributed by atoms with E-state index in [1.165, 1.54) is 13.0 Å². The summed E-state index contributed by atoms with van der Waals surface area (Å²) < 4.78 is 0. The van der Waals surface area contributed by atoms with Gasteiger partial charge in [0.25, 0.3) is 0 Å². The molecule has 0 heterocycles. The Morgan fingerprint density at radius 3 is 2.14 bits per heavy atom. The smallest absolute Gasteiger partial charge is 0.0755 e. The van der Waals surface area contributed by atoms with Gasteiger partial charge in [0.15, 0.2) is 0 Å². The third-order valence-corrected chi connectivity index (χ3v) is 1.03. The van der Waals surface area contributed by atoms with Crippen LogP contribution >= 0.6 is 0 Å². The van der Waals surface area contributed by atoms with Crippen molar-refractivity contribution in [1.82, 2.24) is 0 Å². The van der Waals surface area contributed by atoms with Gasteiger partial charge >= 0.3 is 0 Å². The molecule has 0 aliphatic carbocycles. The van der Waals surface area contributed by atoms with Crippen molar-refractivity contribution in [2.24, 2.45) is 5.92 Å². The first kappa shape index (κ1) is 6.96. The lowest BCUT2D eigenvalue weighted by Crippen LogP contribution is -2.79. The molecule has 0 rings (SSSR count). The molecule has 0 unspecified atom stereocenters. The Morgan fingerprint density at radius 2 is 2.00 bits per heavy atom. The molecule has 0 aliphatic heterocycles. The van der Waals surface area contributed by atoms with Gasteiger partial charge in [0.05, 0.1) is 13.6 Å². The Balaban J connectivity index is 2.68. The van der Waals surface area contributed by atoms with Gasteiger partial charge in [-0.1, -0.05) is 13.8 Å². The Kier molecular flexibility index (Phi) is 4.10. The molecule has 1 heteroatoms. The molecule has 0 amide bonds. The molecule has 0 bridgehead atoms. The molecule has 0 saturated heterocycles. The lowest BCUT2D eigenvalue weighted by molar-refractivity contribution is -0.627. The van der Waals surface area contributed by atoms with Gasteiger partial charge in [-0.3, -0.25) is 0 Å². The van der Waals surface area contributed by atoms with Gasteiger partial charge in [-0.15, -0.1) is 0 Å². The zero-order valence-corrected chi connectivity index (χ0v) is 5.57. The van der Waals surface area contributed by atoms with Crippen LogP contribution in [0.1, 0.15) is 20.3 Å². The molecule has 0 fully saturated rings. The van der Waals surface area contributed by atoms with E-state index in [4.69, 9.17) is 0 Å². The molecule has 0 saturated carbocycles. The van der Waals surface area contributed by atoms with Crippen molar-refractivity contribution in [3.63, 3.8) is 0 Å². The normalized spacial score (nSPS) is 10.3. The molecule has 0 aromatic rings. The lowest BCUT2D eigenvalue weighted by Gasteiger charge is -1.98. The minimum atomic E-state index is 0.871. The van der Waals surface area contributed by atoms with Crippen LogP contribution in [0.3, 0.4) is 0 Å². The average molecular weight is 102 g/mol. The van der Waals surface area contributed by atoms with Crippen molar-refractivity contribution < 1.29 is 5.32 Å². The highest BCUT2D eigenvalue weighted by Crippen LogP contribution is 1.93. The maximum Gasteiger partial charge on any atom is 0.0755 e. The van der Waals surface area contributed by atoms with E-state index < -0.39 is 0 Å². The van der Waals surface area contributed by atoms with Gasteiger partial charge < -0.3 is 5.32 Å². The predicted molar refractivity (Wildman–Crippen MR) is 32.2 cm³/mol. The van der Waals surface area contributed by atoms with Crippen LogP contribution in [-0.2, 0) is 0 Å². The zero-order chi connectivity index (χ0) is 5.70. The fourth-order valence-corrected chi connectivity index (χ4v) is 0.500. The molecular formula is C6H16N+. The van der Waals surface area contributed by atoms with Crippen LogP contribution < -0.4 is 5.32 Å². The first-order chi connectivity index (χ1) is 3.27. The minimum absolute atomic E-state index is 0.871. The van der Waals surface area contributed by atoms with E-state index in [1.807, 2.05) is 0 Å². The first-order valence-corrected chi connectivity index (χ1v) is 3.05. The Labute approximate surface area is 46.1 Å². The molecule has 1 nitrogen and oxygen atoms in total. The second-order valence-corrected chi connectivity index (χ2v) is 2.38. The second kappa shape index (κ2) is 4.13. The van der Waals surface area contributed by atoms with Crippen molar-refractivity contribution in [2.45, 2.75) is 20.3 Å². The summed E-state index contributed by atoms with van der Waals surface area (Å²) in [5, 5.41) is 2.22. The number of rotatable bonds is 3. The fourth-order valence-electron chi connectivity index (χ4n) is 0.500. The van der Waals surface area contributed by atoms with Crippen LogP contribution in [0.15, 0.2) is 0 Å². The summed E-state index contributed by atoms with van der Waals surface area (Å²) in [5.74, 6) is 0.871. The summed E-state index contributed by atoms with van der Waals surface area (Å²) in [6.07, 6.45) is 1.34. The van der Waals surface area contributed by atoms with E-state index in [2.05, 4.69) is 26.2 Å². The quantitative estimate of drug-likeness (QED) is 0.525. The summed E-state index contributed by atoms with van der Waals surface area (Å²) in [6, 6.07) is 0. The van der Waals surface area contributed by atoms with Gasteiger partial charge in [0.1, 0.15) is 0 Å². The van der Waals surface area contributed by atoms with E-state index in [0.29, 0.717) is 0 Å². The van der Waals surface area contributed by atoms with E-state index >= 15 is 0 Å². The highest BCUT2D eigenvalue weighted by Gasteiger charge is 1.90. The standard InChI is InChI=1S/C6H15N/c1-6(2)4-5-7-3/h6-7H,4-5H2,1-3H3/p+1. The number of hydrogen-bond acceptors (Lipinski definition) is 0. The lowest BCUT2D eigenvalue weighted by atomic mass is 10.1. The van der Waals surface area contributed by atoms with Gasteiger partial charge in [-0.2, -0.15) is 0 Å². The SMILES string of the molecule is C[NH2+]CCC(C)C. The summed E-state index contributed by atoms with van der Waals surface area (Å²) in [6.45, 7) is 5.78. The van der Waals surface area contributed by atoms with Crippen LogP contribution in [0, 0.1) is 5.92 Å². The molecule has 0 spiro atoms. The van der Waals surface area contributed by atoms with E-state index in [-0.39, 0.29) is 0 Å². The summed E-state index contributed by atoms with van der Waals surface area (Å²) in [4.78, 5) is 0. The van der Waals surface area contributed by atoms with Crippen molar-refractivity contribution in [3.05, 3.63) is 0 Å². The molecule has 0 aromatic carbocycles. The van der Waals surface area contributed by atoms with Crippen molar-refractivity contribution in [1.29, 1.82) is 0 Å². The van der Waals surface area contributed by atoms with Crippen molar-refractivity contribution in [2.75, 3.05) is 13.6 Å². The molecule has 0 aliphatic rings. The largest absolute Gasteiger partial charge is 0.349 e. The summed E-state index contributed by atoms with van der Waals surface area (Å²) in [5.41, 5.74) is 0. The van der Waals surface area contributed by atoms with Crippen LogP contribution in [0.2, 0.25) is 0 Å². The average Bonchev–Trinajstić information content (AvgIpc) is 1.61. The predicted octanol–water partition coefficient (Wildman–Crippen LogP) is 0.226. The van der Waals surface area contributed by atoms with Crippen LogP contribution in [0.25, 0.3) is 0 Å². The second-order valence-electron chi connectivity index (χ2n) is 2.38. The number of quaternary nitrogens is 1. The van der Waals surface area contributed by atoms with Crippen molar-refractivity contribution >= 4 is 0 Å². The minimum Gasteiger partial charge on any atom is -0.349 e. The number of nitrogens with two attached hydrogens (primary N) is 1. The molecule has 0 radical (unpaired) electrons. The third kappa shape index (κ3) is 5.96. The van der Waals surface area contributed by atoms with Crippen molar-refractivity contribution in [3.8, 4) is 0 Å². The highest BCUT2D eigenvalue weighted by atomic mass is 14.8. The van der Waals surface area contributed by atoms with Gasteiger partial charge in [0.2, 0.25) is 0 Å². The Morgan fingerprint density at radius 1 is 1.43 bits per heavy atom. The van der Waals surface area contributed by atoms with Gasteiger partial charge in [-0.05, 0) is 12.3 Å². The highest BCUT2D eigenvalue weighted by molar-refractivity contribution is 4.38. The molecule has 44 valence electrons. The van der Waals surface area contributed by atoms with E-state index in [0.717, 1.165) is 5.92 Å². The van der Waals surface area contributed by atoms with Gasteiger partial charge in [-0.25, -0.2) is 0 Å². The van der Waals surface area contributed by atoms with Gasteiger partial charge in [0, 0.05) is 0 Å². The fraction of sp³-hybridized carbons (Fsp3) is 1.00. The topological polar surface area (TPSA) is 16.6 Å². The maximum atomic E-state index is 2.25. The summed E-state index contributed by atoms with van der Waals surface area (Å²) >= 11 is 0. The monoisotopic (exact) mass is 102 g/mol. The Hall–Kier alpha value is -0.0400. The van der Waals surface area contributed by atoms with Crippen LogP contribution in [-0.4, -0.2) is 13.6 Å². The Bertz CT molecular complexity index is 33.2.